The van der Waals surface area contributed by atoms with Crippen molar-refractivity contribution in [3.05, 3.63) is 66.2 Å². The summed E-state index contributed by atoms with van der Waals surface area (Å²) in [5.41, 5.74) is 1.21. The Kier molecular flexibility index (Phi) is 4.69. The lowest BCUT2D eigenvalue weighted by molar-refractivity contribution is -0.132. The molecule has 4 aliphatic rings. The first-order valence-electron chi connectivity index (χ1n) is 11.5. The van der Waals surface area contributed by atoms with Gasteiger partial charge >= 0.3 is 0 Å². The van der Waals surface area contributed by atoms with Crippen molar-refractivity contribution in [2.24, 2.45) is 11.8 Å². The average Bonchev–Trinajstić information content (AvgIpc) is 3.58. The average molecular weight is 447 g/mol. The van der Waals surface area contributed by atoms with Crippen LogP contribution in [-0.2, 0) is 20.7 Å². The van der Waals surface area contributed by atoms with Gasteiger partial charge in [0.1, 0.15) is 5.60 Å². The maximum absolute atomic E-state index is 13.5. The van der Waals surface area contributed by atoms with Gasteiger partial charge in [0.05, 0.1) is 24.5 Å². The summed E-state index contributed by atoms with van der Waals surface area (Å²) >= 11 is 0. The lowest BCUT2D eigenvalue weighted by atomic mass is 9.76. The summed E-state index contributed by atoms with van der Waals surface area (Å²) in [4.78, 5) is 28.6. The van der Waals surface area contributed by atoms with Gasteiger partial charge in [0, 0.05) is 17.8 Å². The molecule has 2 aromatic rings. The second-order valence-corrected chi connectivity index (χ2v) is 9.30. The van der Waals surface area contributed by atoms with E-state index in [0.717, 1.165) is 18.5 Å². The van der Waals surface area contributed by atoms with Crippen LogP contribution in [0, 0.1) is 11.8 Å². The Hall–Kier alpha value is -3.32. The number of rotatable bonds is 6. The van der Waals surface area contributed by atoms with Crippen LogP contribution in [0.3, 0.4) is 0 Å². The first-order chi connectivity index (χ1) is 16.0. The van der Waals surface area contributed by atoms with E-state index in [2.05, 4.69) is 17.4 Å². The van der Waals surface area contributed by atoms with Crippen molar-refractivity contribution in [1.29, 1.82) is 0 Å². The SMILES string of the molecule is CC(CCc1ccccc1)NC(=O)C1C2C(=O)N(c3ccc4c(c3)OCO4)C[C@]23C=C[C@H]1O3. The molecule has 7 nitrogen and oxygen atoms in total. The van der Waals surface area contributed by atoms with E-state index in [1.54, 1.807) is 4.90 Å². The fourth-order valence-electron chi connectivity index (χ4n) is 5.51. The van der Waals surface area contributed by atoms with Crippen LogP contribution in [0.2, 0.25) is 0 Å². The number of fused-ring (bicyclic) bond motifs is 2. The monoisotopic (exact) mass is 446 g/mol. The largest absolute Gasteiger partial charge is 0.454 e. The summed E-state index contributed by atoms with van der Waals surface area (Å²) in [6.45, 7) is 2.57. The molecule has 1 N–H and O–H groups in total. The maximum atomic E-state index is 13.5. The molecule has 0 radical (unpaired) electrons. The lowest BCUT2D eigenvalue weighted by Gasteiger charge is -2.25. The second kappa shape index (κ2) is 7.63. The van der Waals surface area contributed by atoms with E-state index < -0.39 is 17.4 Å². The van der Waals surface area contributed by atoms with Gasteiger partial charge in [0.25, 0.3) is 0 Å². The van der Waals surface area contributed by atoms with Gasteiger partial charge in [-0.25, -0.2) is 0 Å². The molecule has 6 rings (SSSR count). The number of aryl methyl sites for hydroxylation is 1. The normalized spacial score (nSPS) is 29.4. The van der Waals surface area contributed by atoms with Gasteiger partial charge < -0.3 is 24.4 Å². The summed E-state index contributed by atoms with van der Waals surface area (Å²) in [5, 5.41) is 3.14. The third-order valence-corrected chi connectivity index (χ3v) is 7.17. The summed E-state index contributed by atoms with van der Waals surface area (Å²) in [6, 6.07) is 15.7. The molecule has 170 valence electrons. The number of amides is 2. The molecular formula is C26H26N2O5. The molecule has 3 unspecified atom stereocenters. The van der Waals surface area contributed by atoms with E-state index in [1.165, 1.54) is 5.56 Å². The zero-order chi connectivity index (χ0) is 22.6. The molecule has 1 spiro atoms. The number of carbonyl (C=O) groups is 2. The van der Waals surface area contributed by atoms with Gasteiger partial charge in [-0.1, -0.05) is 42.5 Å². The highest BCUT2D eigenvalue weighted by atomic mass is 16.7. The van der Waals surface area contributed by atoms with Crippen molar-refractivity contribution < 1.29 is 23.8 Å². The molecule has 2 fully saturated rings. The predicted octanol–water partition coefficient (Wildman–Crippen LogP) is 2.84. The molecule has 33 heavy (non-hydrogen) atoms. The second-order valence-electron chi connectivity index (χ2n) is 9.30. The van der Waals surface area contributed by atoms with Gasteiger partial charge in [-0.05, 0) is 37.5 Å². The van der Waals surface area contributed by atoms with Gasteiger partial charge in [-0.2, -0.15) is 0 Å². The number of hydrogen-bond donors (Lipinski definition) is 1. The van der Waals surface area contributed by atoms with Gasteiger partial charge in [-0.15, -0.1) is 0 Å². The zero-order valence-electron chi connectivity index (χ0n) is 18.4. The fraction of sp³-hybridized carbons (Fsp3) is 0.385. The van der Waals surface area contributed by atoms with E-state index >= 15 is 0 Å². The number of nitrogens with zero attached hydrogens (tertiary/aromatic N) is 1. The Morgan fingerprint density at radius 1 is 1.18 bits per heavy atom. The molecule has 2 bridgehead atoms. The molecule has 0 aromatic heterocycles. The van der Waals surface area contributed by atoms with Crippen molar-refractivity contribution in [1.82, 2.24) is 5.32 Å². The standard InChI is InChI=1S/C26H26N2O5/c1-16(7-8-17-5-3-2-4-6-17)27-24(29)22-20-11-12-26(33-20)14-28(25(30)23(22)26)18-9-10-19-21(13-18)32-15-31-19/h2-6,9-13,16,20,22-23H,7-8,14-15H2,1H3,(H,27,29)/t16?,20-,22?,23?,26-/m1/s1. The Labute approximate surface area is 192 Å². The topological polar surface area (TPSA) is 77.1 Å². The molecule has 4 aliphatic heterocycles. The summed E-state index contributed by atoms with van der Waals surface area (Å²) in [7, 11) is 0. The molecule has 7 heteroatoms. The lowest BCUT2D eigenvalue weighted by Crippen LogP contribution is -2.46. The van der Waals surface area contributed by atoms with Crippen LogP contribution in [0.15, 0.2) is 60.7 Å². The van der Waals surface area contributed by atoms with Crippen molar-refractivity contribution in [2.45, 2.75) is 37.5 Å². The Balaban J connectivity index is 1.17. The molecule has 2 saturated heterocycles. The van der Waals surface area contributed by atoms with E-state index in [9.17, 15) is 9.59 Å². The number of ether oxygens (including phenoxy) is 3. The minimum absolute atomic E-state index is 0.00164. The highest BCUT2D eigenvalue weighted by Gasteiger charge is 2.67. The van der Waals surface area contributed by atoms with Crippen LogP contribution >= 0.6 is 0 Å². The summed E-state index contributed by atoms with van der Waals surface area (Å²) < 4.78 is 17.1. The molecule has 0 saturated carbocycles. The Bertz CT molecular complexity index is 1130. The van der Waals surface area contributed by atoms with Crippen molar-refractivity contribution in [2.75, 3.05) is 18.2 Å². The molecule has 2 aromatic carbocycles. The Morgan fingerprint density at radius 2 is 2.00 bits per heavy atom. The van der Waals surface area contributed by atoms with E-state index in [0.29, 0.717) is 18.0 Å². The van der Waals surface area contributed by atoms with Crippen molar-refractivity contribution >= 4 is 17.5 Å². The van der Waals surface area contributed by atoms with Gasteiger partial charge in [0.2, 0.25) is 18.6 Å². The first-order valence-corrected chi connectivity index (χ1v) is 11.5. The quantitative estimate of drug-likeness (QED) is 0.691. The number of hydrogen-bond acceptors (Lipinski definition) is 5. The van der Waals surface area contributed by atoms with Crippen LogP contribution < -0.4 is 19.7 Å². The first kappa shape index (κ1) is 20.3. The molecule has 0 aliphatic carbocycles. The zero-order valence-corrected chi connectivity index (χ0v) is 18.4. The van der Waals surface area contributed by atoms with Crippen LogP contribution in [0.25, 0.3) is 0 Å². The summed E-state index contributed by atoms with van der Waals surface area (Å²) in [5.74, 6) is 0.0372. The molecule has 2 amide bonds. The third-order valence-electron chi connectivity index (χ3n) is 7.17. The number of benzene rings is 2. The highest BCUT2D eigenvalue weighted by Crippen LogP contribution is 2.53. The highest BCUT2D eigenvalue weighted by molar-refractivity contribution is 6.03. The van der Waals surface area contributed by atoms with Crippen molar-refractivity contribution in [3.8, 4) is 11.5 Å². The minimum atomic E-state index is -0.757. The van der Waals surface area contributed by atoms with Crippen LogP contribution in [-0.4, -0.2) is 42.9 Å². The minimum Gasteiger partial charge on any atom is -0.454 e. The number of carbonyl (C=O) groups excluding carboxylic acids is 2. The maximum Gasteiger partial charge on any atom is 0.234 e. The predicted molar refractivity (Wildman–Crippen MR) is 121 cm³/mol. The molecular weight excluding hydrogens is 420 g/mol. The van der Waals surface area contributed by atoms with Gasteiger partial charge in [0.15, 0.2) is 11.5 Å². The fourth-order valence-corrected chi connectivity index (χ4v) is 5.51. The molecule has 4 heterocycles. The van der Waals surface area contributed by atoms with Crippen LogP contribution in [0.5, 0.6) is 11.5 Å². The Morgan fingerprint density at radius 3 is 2.85 bits per heavy atom. The number of nitrogens with one attached hydrogen (secondary N) is 1. The van der Waals surface area contributed by atoms with Crippen LogP contribution in [0.1, 0.15) is 18.9 Å². The smallest absolute Gasteiger partial charge is 0.234 e. The van der Waals surface area contributed by atoms with Crippen molar-refractivity contribution in [3.63, 3.8) is 0 Å². The van der Waals surface area contributed by atoms with E-state index in [4.69, 9.17) is 14.2 Å². The number of anilines is 1. The summed E-state index contributed by atoms with van der Waals surface area (Å²) in [6.07, 6.45) is 5.26. The van der Waals surface area contributed by atoms with E-state index in [-0.39, 0.29) is 30.8 Å². The molecule has 5 atom stereocenters. The van der Waals surface area contributed by atoms with E-state index in [1.807, 2.05) is 55.5 Å². The third kappa shape index (κ3) is 3.30. The van der Waals surface area contributed by atoms with Gasteiger partial charge in [-0.3, -0.25) is 9.59 Å². The van der Waals surface area contributed by atoms with Crippen LogP contribution in [0.4, 0.5) is 5.69 Å².